The van der Waals surface area contributed by atoms with Gasteiger partial charge in [0.15, 0.2) is 0 Å². The zero-order valence-corrected chi connectivity index (χ0v) is 11.2. The van der Waals surface area contributed by atoms with E-state index < -0.39 is 0 Å². The smallest absolute Gasteiger partial charge is 0.290 e. The molecule has 1 saturated heterocycles. The third-order valence-corrected chi connectivity index (χ3v) is 3.36. The van der Waals surface area contributed by atoms with Crippen LogP contribution in [0, 0.1) is 0 Å². The number of imide groups is 1. The van der Waals surface area contributed by atoms with Gasteiger partial charge in [0.25, 0.3) is 11.1 Å². The van der Waals surface area contributed by atoms with Gasteiger partial charge >= 0.3 is 0 Å². The predicted octanol–water partition coefficient (Wildman–Crippen LogP) is 2.83. The van der Waals surface area contributed by atoms with E-state index in [0.717, 1.165) is 29.5 Å². The lowest BCUT2D eigenvalue weighted by Crippen LogP contribution is -2.17. The minimum Gasteiger partial charge on any atom is -0.497 e. The Morgan fingerprint density at radius 1 is 1.32 bits per heavy atom. The van der Waals surface area contributed by atoms with Crippen LogP contribution in [0.5, 0.6) is 0 Å². The fraction of sp³-hybridized carbons (Fsp3) is 0.143. The van der Waals surface area contributed by atoms with Gasteiger partial charge in [-0.15, -0.1) is 0 Å². The molecule has 2 aliphatic rings. The molecule has 0 bridgehead atoms. The van der Waals surface area contributed by atoms with E-state index in [1.807, 2.05) is 30.4 Å². The molecule has 0 radical (unpaired) electrons. The Hall–Kier alpha value is -2.01. The minimum absolute atomic E-state index is 0.327. The zero-order chi connectivity index (χ0) is 13.7. The number of allylic oxidation sites excluding steroid dienone is 8. The summed E-state index contributed by atoms with van der Waals surface area (Å²) in [7, 11) is 1.63. The van der Waals surface area contributed by atoms with Crippen LogP contribution in [0.2, 0.25) is 0 Å². The van der Waals surface area contributed by atoms with Crippen molar-refractivity contribution in [2.75, 3.05) is 7.11 Å². The fourth-order valence-corrected chi connectivity index (χ4v) is 2.22. The van der Waals surface area contributed by atoms with Gasteiger partial charge in [-0.3, -0.25) is 14.9 Å². The molecule has 0 unspecified atom stereocenters. The molecule has 1 N–H and O–H groups in total. The third kappa shape index (κ3) is 3.72. The van der Waals surface area contributed by atoms with Gasteiger partial charge in [0.2, 0.25) is 0 Å². The van der Waals surface area contributed by atoms with Crippen molar-refractivity contribution in [3.63, 3.8) is 0 Å². The van der Waals surface area contributed by atoms with Crippen LogP contribution in [0.4, 0.5) is 4.79 Å². The molecule has 1 heterocycles. The van der Waals surface area contributed by atoms with Crippen LogP contribution in [0.1, 0.15) is 6.42 Å². The van der Waals surface area contributed by atoms with Gasteiger partial charge in [-0.05, 0) is 42.0 Å². The van der Waals surface area contributed by atoms with Gasteiger partial charge in [-0.2, -0.15) is 0 Å². The molecule has 1 aliphatic carbocycles. The van der Waals surface area contributed by atoms with Gasteiger partial charge < -0.3 is 4.74 Å². The van der Waals surface area contributed by atoms with E-state index in [9.17, 15) is 9.59 Å². The number of thioether (sulfide) groups is 1. The van der Waals surface area contributed by atoms with Crippen LogP contribution < -0.4 is 5.32 Å². The summed E-state index contributed by atoms with van der Waals surface area (Å²) < 4.78 is 5.14. The molecule has 98 valence electrons. The van der Waals surface area contributed by atoms with Crippen LogP contribution in [0.25, 0.3) is 0 Å². The fourth-order valence-electron chi connectivity index (χ4n) is 1.58. The molecule has 0 aromatic heterocycles. The lowest BCUT2D eigenvalue weighted by atomic mass is 10.2. The molecule has 0 aromatic carbocycles. The van der Waals surface area contributed by atoms with E-state index in [1.54, 1.807) is 19.3 Å². The van der Waals surface area contributed by atoms with Crippen LogP contribution in [-0.2, 0) is 9.53 Å². The van der Waals surface area contributed by atoms with E-state index in [4.69, 9.17) is 4.74 Å². The van der Waals surface area contributed by atoms with Crippen molar-refractivity contribution in [2.24, 2.45) is 0 Å². The number of carbonyl (C=O) groups excluding carboxylic acids is 2. The highest BCUT2D eigenvalue weighted by atomic mass is 32.2. The molecule has 5 heteroatoms. The quantitative estimate of drug-likeness (QED) is 0.805. The van der Waals surface area contributed by atoms with Gasteiger partial charge in [-0.1, -0.05) is 24.3 Å². The number of hydrogen-bond acceptors (Lipinski definition) is 4. The minimum atomic E-state index is -0.339. The molecule has 0 atom stereocenters. The Morgan fingerprint density at radius 2 is 2.16 bits per heavy atom. The van der Waals surface area contributed by atoms with Crippen molar-refractivity contribution in [1.82, 2.24) is 5.32 Å². The molecule has 0 spiro atoms. The lowest BCUT2D eigenvalue weighted by Gasteiger charge is -1.95. The molecule has 4 nitrogen and oxygen atoms in total. The summed E-state index contributed by atoms with van der Waals surface area (Å²) in [6, 6.07) is 0. The first-order valence-corrected chi connectivity index (χ1v) is 6.54. The molecular weight excluding hydrogens is 262 g/mol. The monoisotopic (exact) mass is 275 g/mol. The van der Waals surface area contributed by atoms with Crippen molar-refractivity contribution in [1.29, 1.82) is 0 Å². The number of nitrogens with one attached hydrogen (secondary N) is 1. The maximum Gasteiger partial charge on any atom is 0.290 e. The van der Waals surface area contributed by atoms with Crippen LogP contribution in [-0.4, -0.2) is 18.3 Å². The predicted molar refractivity (Wildman–Crippen MR) is 75.3 cm³/mol. The van der Waals surface area contributed by atoms with Crippen molar-refractivity contribution >= 4 is 22.9 Å². The van der Waals surface area contributed by atoms with Crippen molar-refractivity contribution < 1.29 is 14.3 Å². The van der Waals surface area contributed by atoms with E-state index in [-0.39, 0.29) is 11.1 Å². The molecule has 1 aliphatic heterocycles. The Kier molecular flexibility index (Phi) is 4.41. The summed E-state index contributed by atoms with van der Waals surface area (Å²) in [5.41, 5.74) is 1.02. The molecule has 2 rings (SSSR count). The van der Waals surface area contributed by atoms with Gasteiger partial charge in [0, 0.05) is 0 Å². The largest absolute Gasteiger partial charge is 0.497 e. The first-order valence-electron chi connectivity index (χ1n) is 5.73. The van der Waals surface area contributed by atoms with Crippen molar-refractivity contribution in [2.45, 2.75) is 6.42 Å². The average Bonchev–Trinajstić information content (AvgIpc) is 2.60. The zero-order valence-electron chi connectivity index (χ0n) is 10.4. The molecule has 0 saturated carbocycles. The van der Waals surface area contributed by atoms with E-state index in [1.165, 1.54) is 0 Å². The topological polar surface area (TPSA) is 55.4 Å². The number of ether oxygens (including phenoxy) is 1. The standard InChI is InChI=1S/C14H13NO3S/c1-18-11-6-2-4-10(8-9-11)5-3-7-12-13(16)15-14(17)19-12/h3-9H,2H2,1H3,(H,15,16,17)/b5-3+,12-7-. The van der Waals surface area contributed by atoms with Gasteiger partial charge in [0.05, 0.1) is 12.0 Å². The number of amides is 2. The summed E-state index contributed by atoms with van der Waals surface area (Å²) in [6.07, 6.45) is 13.9. The summed E-state index contributed by atoms with van der Waals surface area (Å²) in [4.78, 5) is 22.7. The van der Waals surface area contributed by atoms with E-state index >= 15 is 0 Å². The van der Waals surface area contributed by atoms with Crippen LogP contribution in [0.3, 0.4) is 0 Å². The number of carbonyl (C=O) groups is 2. The maximum atomic E-state index is 11.3. The van der Waals surface area contributed by atoms with E-state index in [2.05, 4.69) is 5.32 Å². The molecule has 0 aromatic rings. The molecule has 1 fully saturated rings. The van der Waals surface area contributed by atoms with Crippen LogP contribution >= 0.6 is 11.8 Å². The summed E-state index contributed by atoms with van der Waals surface area (Å²) in [5.74, 6) is 0.489. The maximum absolute atomic E-state index is 11.3. The van der Waals surface area contributed by atoms with Crippen LogP contribution in [0.15, 0.2) is 58.8 Å². The molecule has 2 amide bonds. The first-order chi connectivity index (χ1) is 9.19. The first kappa shape index (κ1) is 13.4. The second kappa shape index (κ2) is 6.24. The summed E-state index contributed by atoms with van der Waals surface area (Å²) in [6.45, 7) is 0. The summed E-state index contributed by atoms with van der Waals surface area (Å²) in [5, 5.41) is 1.88. The second-order valence-corrected chi connectivity index (χ2v) is 4.83. The number of rotatable bonds is 3. The summed E-state index contributed by atoms with van der Waals surface area (Å²) >= 11 is 0.911. The van der Waals surface area contributed by atoms with Gasteiger partial charge in [0.1, 0.15) is 5.76 Å². The number of methoxy groups -OCH3 is 1. The number of hydrogen-bond donors (Lipinski definition) is 1. The molecular formula is C14H13NO3S. The normalized spacial score (nSPS) is 21.4. The van der Waals surface area contributed by atoms with Crippen molar-refractivity contribution in [3.05, 3.63) is 58.8 Å². The SMILES string of the molecule is COC1=CCC=C(/C=C/C=C2\SC(=O)NC2=O)C=C1. The Balaban J connectivity index is 2.01. The Morgan fingerprint density at radius 3 is 2.84 bits per heavy atom. The highest BCUT2D eigenvalue weighted by Gasteiger charge is 2.24. The highest BCUT2D eigenvalue weighted by molar-refractivity contribution is 8.18. The Labute approximate surface area is 115 Å². The Bertz CT molecular complexity index is 553. The highest BCUT2D eigenvalue weighted by Crippen LogP contribution is 2.23. The van der Waals surface area contributed by atoms with Gasteiger partial charge in [-0.25, -0.2) is 0 Å². The molecule has 19 heavy (non-hydrogen) atoms. The second-order valence-electron chi connectivity index (χ2n) is 3.82. The van der Waals surface area contributed by atoms with E-state index in [0.29, 0.717) is 4.91 Å². The average molecular weight is 275 g/mol. The third-order valence-electron chi connectivity index (χ3n) is 2.53. The lowest BCUT2D eigenvalue weighted by molar-refractivity contribution is -0.115. The van der Waals surface area contributed by atoms with Crippen molar-refractivity contribution in [3.8, 4) is 0 Å².